The number of hydrogen-bond donors (Lipinski definition) is 4. The molecule has 0 spiro atoms. The predicted molar refractivity (Wildman–Crippen MR) is 127 cm³/mol. The van der Waals surface area contributed by atoms with Crippen molar-refractivity contribution in [1.29, 1.82) is 0 Å². The van der Waals surface area contributed by atoms with Crippen molar-refractivity contribution in [3.63, 3.8) is 0 Å². The van der Waals surface area contributed by atoms with Crippen molar-refractivity contribution in [2.24, 2.45) is 5.73 Å². The van der Waals surface area contributed by atoms with Crippen LogP contribution in [0.25, 0.3) is 0 Å². The highest BCUT2D eigenvalue weighted by atomic mass is 79.9. The molecule has 1 aliphatic carbocycles. The molecular weight excluding hydrogens is 476 g/mol. The molecule has 1 saturated carbocycles. The van der Waals surface area contributed by atoms with E-state index in [2.05, 4.69) is 31.5 Å². The van der Waals surface area contributed by atoms with Crippen LogP contribution in [-0.2, 0) is 11.3 Å². The topological polar surface area (TPSA) is 126 Å². The lowest BCUT2D eigenvalue weighted by Crippen LogP contribution is -2.32. The Bertz CT molecular complexity index is 1070. The molecule has 0 atom stereocenters. The Morgan fingerprint density at radius 1 is 1.16 bits per heavy atom. The summed E-state index contributed by atoms with van der Waals surface area (Å²) in [5.41, 5.74) is 9.33. The third kappa shape index (κ3) is 5.91. The van der Waals surface area contributed by atoms with E-state index >= 15 is 0 Å². The van der Waals surface area contributed by atoms with Gasteiger partial charge in [0.15, 0.2) is 0 Å². The number of aromatic amines is 1. The number of amides is 2. The molecule has 1 aliphatic rings. The molecule has 0 saturated heterocycles. The van der Waals surface area contributed by atoms with Crippen LogP contribution in [0.2, 0.25) is 0 Å². The lowest BCUT2D eigenvalue weighted by Gasteiger charge is -2.30. The molecule has 0 bridgehead atoms. The number of ether oxygens (including phenoxy) is 1. The van der Waals surface area contributed by atoms with Crippen LogP contribution in [0.4, 0.5) is 10.5 Å². The van der Waals surface area contributed by atoms with E-state index in [1.807, 2.05) is 32.9 Å². The van der Waals surface area contributed by atoms with Crippen molar-refractivity contribution in [3.05, 3.63) is 61.0 Å². The summed E-state index contributed by atoms with van der Waals surface area (Å²) in [7, 11) is 0. The maximum absolute atomic E-state index is 12.9. The van der Waals surface area contributed by atoms with Gasteiger partial charge in [0.1, 0.15) is 6.10 Å². The molecule has 1 fully saturated rings. The molecule has 1 aromatic carbocycles. The lowest BCUT2D eigenvalue weighted by molar-refractivity contribution is 0.0805. The van der Waals surface area contributed by atoms with Gasteiger partial charge in [-0.15, -0.1) is 0 Å². The van der Waals surface area contributed by atoms with Crippen LogP contribution in [0.3, 0.4) is 0 Å². The number of halogens is 1. The van der Waals surface area contributed by atoms with E-state index in [1.54, 1.807) is 6.07 Å². The fraction of sp³-hybridized carbons (Fsp3) is 0.435. The quantitative estimate of drug-likeness (QED) is 0.475. The minimum Gasteiger partial charge on any atom is -0.446 e. The summed E-state index contributed by atoms with van der Waals surface area (Å²) in [5, 5.41) is 6.39. The van der Waals surface area contributed by atoms with E-state index in [1.165, 1.54) is 0 Å². The number of carbonyl (C=O) groups is 2. The van der Waals surface area contributed by atoms with Gasteiger partial charge in [-0.25, -0.2) is 4.79 Å². The summed E-state index contributed by atoms with van der Waals surface area (Å²) < 4.78 is 5.88. The second-order valence-electron chi connectivity index (χ2n) is 8.31. The highest BCUT2D eigenvalue weighted by Crippen LogP contribution is 2.29. The minimum absolute atomic E-state index is 0.135. The minimum atomic E-state index is -0.734. The summed E-state index contributed by atoms with van der Waals surface area (Å²) in [6.07, 6.45) is 2.28. The third-order valence-electron chi connectivity index (χ3n) is 5.85. The van der Waals surface area contributed by atoms with Crippen LogP contribution in [-0.4, -0.2) is 29.1 Å². The fourth-order valence-electron chi connectivity index (χ4n) is 4.14. The maximum Gasteiger partial charge on any atom is 0.404 e. The van der Waals surface area contributed by atoms with E-state index in [0.29, 0.717) is 11.1 Å². The van der Waals surface area contributed by atoms with Gasteiger partial charge in [-0.05, 0) is 75.8 Å². The number of rotatable bonds is 6. The molecule has 3 rings (SSSR count). The Morgan fingerprint density at radius 2 is 1.84 bits per heavy atom. The molecule has 2 amide bonds. The first kappa shape index (κ1) is 23.8. The Hall–Kier alpha value is -2.81. The molecule has 1 aromatic heterocycles. The monoisotopic (exact) mass is 504 g/mol. The lowest BCUT2D eigenvalue weighted by atomic mass is 9.92. The van der Waals surface area contributed by atoms with Gasteiger partial charge in [0, 0.05) is 39.6 Å². The van der Waals surface area contributed by atoms with E-state index in [-0.39, 0.29) is 30.2 Å². The third-order valence-corrected chi connectivity index (χ3v) is 6.31. The van der Waals surface area contributed by atoms with E-state index in [0.717, 1.165) is 52.7 Å². The number of anilines is 1. The Labute approximate surface area is 195 Å². The average Bonchev–Trinajstić information content (AvgIpc) is 2.70. The number of benzene rings is 1. The zero-order valence-corrected chi connectivity index (χ0v) is 20.1. The first-order chi connectivity index (χ1) is 15.1. The fourth-order valence-corrected chi connectivity index (χ4v) is 4.60. The van der Waals surface area contributed by atoms with Crippen molar-refractivity contribution in [1.82, 2.24) is 10.3 Å². The number of primary amides is 1. The van der Waals surface area contributed by atoms with Gasteiger partial charge in [-0.1, -0.05) is 15.9 Å². The van der Waals surface area contributed by atoms with Gasteiger partial charge >= 0.3 is 6.09 Å². The number of H-pyrrole nitrogens is 1. The maximum atomic E-state index is 12.9. The van der Waals surface area contributed by atoms with Crippen LogP contribution in [0, 0.1) is 20.8 Å². The second-order valence-corrected chi connectivity index (χ2v) is 9.22. The smallest absolute Gasteiger partial charge is 0.404 e. The van der Waals surface area contributed by atoms with E-state index in [4.69, 9.17) is 10.5 Å². The number of pyridine rings is 1. The van der Waals surface area contributed by atoms with Crippen LogP contribution in [0.1, 0.15) is 58.4 Å². The molecule has 2 aromatic rings. The number of nitrogens with one attached hydrogen (secondary N) is 3. The summed E-state index contributed by atoms with van der Waals surface area (Å²) in [6, 6.07) is 5.82. The Morgan fingerprint density at radius 3 is 2.47 bits per heavy atom. The van der Waals surface area contributed by atoms with Crippen molar-refractivity contribution in [2.45, 2.75) is 65.1 Å². The van der Waals surface area contributed by atoms with Gasteiger partial charge < -0.3 is 26.1 Å². The zero-order chi connectivity index (χ0) is 23.4. The predicted octanol–water partition coefficient (Wildman–Crippen LogP) is 3.81. The molecule has 9 heteroatoms. The molecule has 32 heavy (non-hydrogen) atoms. The normalized spacial score (nSPS) is 18.1. The van der Waals surface area contributed by atoms with Crippen LogP contribution in [0.5, 0.6) is 0 Å². The van der Waals surface area contributed by atoms with Gasteiger partial charge in [0.25, 0.3) is 11.5 Å². The van der Waals surface area contributed by atoms with Crippen LogP contribution in [0.15, 0.2) is 27.5 Å². The van der Waals surface area contributed by atoms with Gasteiger partial charge in [-0.3, -0.25) is 9.59 Å². The van der Waals surface area contributed by atoms with Crippen LogP contribution < -0.4 is 21.9 Å². The molecule has 8 nitrogen and oxygen atoms in total. The first-order valence-electron chi connectivity index (χ1n) is 10.6. The van der Waals surface area contributed by atoms with Gasteiger partial charge in [0.05, 0.1) is 0 Å². The molecule has 172 valence electrons. The zero-order valence-electron chi connectivity index (χ0n) is 18.5. The molecule has 0 radical (unpaired) electrons. The van der Waals surface area contributed by atoms with Crippen molar-refractivity contribution < 1.29 is 14.3 Å². The summed E-state index contributed by atoms with van der Waals surface area (Å²) in [6.45, 7) is 5.74. The SMILES string of the molecule is Cc1cc(C)c(CNC(=O)c2cc(Br)cc(NC3CCC(OC(N)=O)CC3)c2C)c(=O)[nH]1. The molecule has 0 aliphatic heterocycles. The van der Waals surface area contributed by atoms with Gasteiger partial charge in [0.2, 0.25) is 0 Å². The molecule has 0 unspecified atom stereocenters. The number of nitrogens with two attached hydrogens (primary N) is 1. The van der Waals surface area contributed by atoms with Gasteiger partial charge in [-0.2, -0.15) is 0 Å². The molecule has 5 N–H and O–H groups in total. The second kappa shape index (κ2) is 10.2. The molecular formula is C23H29BrN4O4. The summed E-state index contributed by atoms with van der Waals surface area (Å²) >= 11 is 3.50. The Kier molecular flexibility index (Phi) is 7.60. The van der Waals surface area contributed by atoms with Crippen molar-refractivity contribution >= 4 is 33.6 Å². The number of aryl methyl sites for hydroxylation is 2. The molecule has 1 heterocycles. The highest BCUT2D eigenvalue weighted by molar-refractivity contribution is 9.10. The number of hydrogen-bond acceptors (Lipinski definition) is 5. The van der Waals surface area contributed by atoms with Crippen molar-refractivity contribution in [2.75, 3.05) is 5.32 Å². The largest absolute Gasteiger partial charge is 0.446 e. The van der Waals surface area contributed by atoms with Crippen molar-refractivity contribution in [3.8, 4) is 0 Å². The van der Waals surface area contributed by atoms with E-state index in [9.17, 15) is 14.4 Å². The Balaban J connectivity index is 1.69. The number of aromatic nitrogens is 1. The summed E-state index contributed by atoms with van der Waals surface area (Å²) in [5.74, 6) is -0.246. The average molecular weight is 505 g/mol. The van der Waals surface area contributed by atoms with E-state index < -0.39 is 6.09 Å². The standard InChI is InChI=1S/C23H29BrN4O4/c1-12-8-13(2)27-22(30)19(12)11-26-21(29)18-9-15(24)10-20(14(18)3)28-16-4-6-17(7-5-16)32-23(25)31/h8-10,16-17,28H,4-7,11H2,1-3H3,(H2,25,31)(H,26,29)(H,27,30). The van der Waals surface area contributed by atoms with Crippen LogP contribution >= 0.6 is 15.9 Å². The number of carbonyl (C=O) groups excluding carboxylic acids is 2. The highest BCUT2D eigenvalue weighted by Gasteiger charge is 2.24. The first-order valence-corrected chi connectivity index (χ1v) is 11.4. The summed E-state index contributed by atoms with van der Waals surface area (Å²) in [4.78, 5) is 38.9.